The Labute approximate surface area is 127 Å². The van der Waals surface area contributed by atoms with Gasteiger partial charge in [0.2, 0.25) is 0 Å². The van der Waals surface area contributed by atoms with Crippen LogP contribution >= 0.6 is 22.9 Å². The van der Waals surface area contributed by atoms with Gasteiger partial charge in [0.25, 0.3) is 5.91 Å². The molecule has 1 atom stereocenters. The van der Waals surface area contributed by atoms with Gasteiger partial charge in [0.05, 0.1) is 5.02 Å². The van der Waals surface area contributed by atoms with Gasteiger partial charge in [-0.25, -0.2) is 4.98 Å². The quantitative estimate of drug-likeness (QED) is 0.867. The zero-order chi connectivity index (χ0) is 14.7. The van der Waals surface area contributed by atoms with Crippen molar-refractivity contribution in [1.29, 1.82) is 0 Å². The van der Waals surface area contributed by atoms with E-state index in [2.05, 4.69) is 4.98 Å². The molecule has 6 heteroatoms. The van der Waals surface area contributed by atoms with E-state index in [0.29, 0.717) is 15.9 Å². The molecule has 2 aromatic rings. The predicted octanol–water partition coefficient (Wildman–Crippen LogP) is 3.54. The van der Waals surface area contributed by atoms with Crippen molar-refractivity contribution < 1.29 is 9.53 Å². The Kier molecular flexibility index (Phi) is 4.62. The second-order valence-electron chi connectivity index (χ2n) is 4.41. The third-order valence-corrected chi connectivity index (χ3v) is 3.94. The highest BCUT2D eigenvalue weighted by Gasteiger charge is 2.22. The van der Waals surface area contributed by atoms with Gasteiger partial charge in [0, 0.05) is 18.6 Å². The first-order chi connectivity index (χ1) is 9.49. The van der Waals surface area contributed by atoms with Crippen LogP contribution < -0.4 is 9.64 Å². The largest absolute Gasteiger partial charge is 0.479 e. The van der Waals surface area contributed by atoms with E-state index >= 15 is 0 Å². The molecular weight excluding hydrogens is 296 g/mol. The van der Waals surface area contributed by atoms with Crippen LogP contribution in [0.25, 0.3) is 0 Å². The van der Waals surface area contributed by atoms with Gasteiger partial charge >= 0.3 is 0 Å². The summed E-state index contributed by atoms with van der Waals surface area (Å²) in [6.45, 7) is 3.64. The molecule has 0 aliphatic carbocycles. The van der Waals surface area contributed by atoms with E-state index in [0.717, 1.165) is 5.56 Å². The van der Waals surface area contributed by atoms with Crippen LogP contribution in [0.2, 0.25) is 5.02 Å². The lowest BCUT2D eigenvalue weighted by Gasteiger charge is -2.20. The van der Waals surface area contributed by atoms with Gasteiger partial charge in [-0.15, -0.1) is 11.3 Å². The van der Waals surface area contributed by atoms with Crippen molar-refractivity contribution in [3.8, 4) is 5.75 Å². The number of aromatic nitrogens is 1. The topological polar surface area (TPSA) is 42.4 Å². The maximum atomic E-state index is 12.3. The fraction of sp³-hybridized carbons (Fsp3) is 0.286. The first-order valence-electron chi connectivity index (χ1n) is 6.09. The Morgan fingerprint density at radius 2 is 2.25 bits per heavy atom. The number of halogens is 1. The van der Waals surface area contributed by atoms with E-state index in [9.17, 15) is 4.79 Å². The van der Waals surface area contributed by atoms with Crippen molar-refractivity contribution in [3.05, 3.63) is 40.4 Å². The molecule has 1 amide bonds. The second kappa shape index (κ2) is 6.24. The molecule has 0 saturated carbocycles. The summed E-state index contributed by atoms with van der Waals surface area (Å²) in [6, 6.07) is 5.47. The molecule has 1 aromatic heterocycles. The molecule has 106 valence electrons. The summed E-state index contributed by atoms with van der Waals surface area (Å²) >= 11 is 7.46. The van der Waals surface area contributed by atoms with E-state index in [1.54, 1.807) is 26.2 Å². The number of rotatable bonds is 4. The first-order valence-corrected chi connectivity index (χ1v) is 7.34. The Morgan fingerprint density at radius 1 is 1.50 bits per heavy atom. The van der Waals surface area contributed by atoms with Crippen LogP contribution in [0.4, 0.5) is 5.13 Å². The van der Waals surface area contributed by atoms with Crippen LogP contribution in [0, 0.1) is 6.92 Å². The van der Waals surface area contributed by atoms with Gasteiger partial charge in [0.15, 0.2) is 11.2 Å². The summed E-state index contributed by atoms with van der Waals surface area (Å²) in [5.74, 6) is 0.345. The third kappa shape index (κ3) is 3.29. The van der Waals surface area contributed by atoms with Crippen molar-refractivity contribution in [1.82, 2.24) is 4.98 Å². The van der Waals surface area contributed by atoms with Crippen LogP contribution in [0.5, 0.6) is 5.75 Å². The Morgan fingerprint density at radius 3 is 2.90 bits per heavy atom. The number of carbonyl (C=O) groups is 1. The zero-order valence-corrected chi connectivity index (χ0v) is 13.0. The number of aryl methyl sites for hydroxylation is 1. The molecule has 0 radical (unpaired) electrons. The van der Waals surface area contributed by atoms with Gasteiger partial charge in [-0.1, -0.05) is 17.7 Å². The summed E-state index contributed by atoms with van der Waals surface area (Å²) in [5.41, 5.74) is 1.03. The van der Waals surface area contributed by atoms with Gasteiger partial charge in [0.1, 0.15) is 5.75 Å². The number of carbonyl (C=O) groups excluding carboxylic acids is 1. The van der Waals surface area contributed by atoms with E-state index in [1.165, 1.54) is 16.2 Å². The normalized spacial score (nSPS) is 12.0. The molecule has 0 bridgehead atoms. The molecule has 20 heavy (non-hydrogen) atoms. The summed E-state index contributed by atoms with van der Waals surface area (Å²) in [5, 5.41) is 2.95. The van der Waals surface area contributed by atoms with Crippen LogP contribution in [0.15, 0.2) is 29.8 Å². The van der Waals surface area contributed by atoms with Crippen LogP contribution in [-0.2, 0) is 4.79 Å². The molecule has 4 nitrogen and oxygen atoms in total. The zero-order valence-electron chi connectivity index (χ0n) is 11.5. The number of ether oxygens (including phenoxy) is 1. The monoisotopic (exact) mass is 310 g/mol. The Hall–Kier alpha value is -1.59. The lowest BCUT2D eigenvalue weighted by atomic mass is 10.2. The fourth-order valence-electron chi connectivity index (χ4n) is 1.69. The molecule has 0 saturated heterocycles. The minimum atomic E-state index is -0.636. The number of benzene rings is 1. The molecule has 0 aliphatic heterocycles. The summed E-state index contributed by atoms with van der Waals surface area (Å²) in [7, 11) is 1.68. The fourth-order valence-corrected chi connectivity index (χ4v) is 2.47. The molecule has 2 rings (SSSR count). The molecule has 0 unspecified atom stereocenters. The molecule has 1 aromatic carbocycles. The molecule has 1 heterocycles. The molecule has 0 spiro atoms. The maximum Gasteiger partial charge on any atom is 0.269 e. The molecule has 0 aliphatic rings. The minimum Gasteiger partial charge on any atom is -0.479 e. The first kappa shape index (κ1) is 14.8. The lowest BCUT2D eigenvalue weighted by molar-refractivity contribution is -0.124. The second-order valence-corrected chi connectivity index (χ2v) is 5.69. The molecule has 0 N–H and O–H groups in total. The Balaban J connectivity index is 2.09. The Bertz CT molecular complexity index is 601. The molecule has 0 fully saturated rings. The molecular formula is C14H15ClN2O2S. The SMILES string of the molecule is Cc1ccc(Cl)c(O[C@@H](C)C(=O)N(C)c2nccs2)c1. The van der Waals surface area contributed by atoms with Crippen LogP contribution in [0.3, 0.4) is 0 Å². The van der Waals surface area contributed by atoms with Gasteiger partial charge in [-0.2, -0.15) is 0 Å². The predicted molar refractivity (Wildman–Crippen MR) is 81.8 cm³/mol. The van der Waals surface area contributed by atoms with Gasteiger partial charge in [-0.3, -0.25) is 9.69 Å². The maximum absolute atomic E-state index is 12.3. The summed E-state index contributed by atoms with van der Waals surface area (Å²) in [6.07, 6.45) is 1.02. The van der Waals surface area contributed by atoms with Crippen molar-refractivity contribution in [2.45, 2.75) is 20.0 Å². The average molecular weight is 311 g/mol. The van der Waals surface area contributed by atoms with Crippen LogP contribution in [-0.4, -0.2) is 24.0 Å². The van der Waals surface area contributed by atoms with Gasteiger partial charge in [-0.05, 0) is 31.5 Å². The minimum absolute atomic E-state index is 0.169. The van der Waals surface area contributed by atoms with E-state index in [-0.39, 0.29) is 5.91 Å². The number of likely N-dealkylation sites (N-methyl/N-ethyl adjacent to an activating group) is 1. The van der Waals surface area contributed by atoms with Crippen molar-refractivity contribution in [2.75, 3.05) is 11.9 Å². The number of thiazole rings is 1. The van der Waals surface area contributed by atoms with Crippen LogP contribution in [0.1, 0.15) is 12.5 Å². The van der Waals surface area contributed by atoms with E-state index < -0.39 is 6.10 Å². The van der Waals surface area contributed by atoms with Crippen molar-refractivity contribution >= 4 is 34.0 Å². The number of nitrogens with zero attached hydrogens (tertiary/aromatic N) is 2. The number of hydrogen-bond acceptors (Lipinski definition) is 4. The highest BCUT2D eigenvalue weighted by molar-refractivity contribution is 7.13. The number of amides is 1. The number of hydrogen-bond donors (Lipinski definition) is 0. The lowest BCUT2D eigenvalue weighted by Crippen LogP contribution is -2.38. The van der Waals surface area contributed by atoms with Crippen molar-refractivity contribution in [2.24, 2.45) is 0 Å². The number of anilines is 1. The average Bonchev–Trinajstić information content (AvgIpc) is 2.95. The highest BCUT2D eigenvalue weighted by atomic mass is 35.5. The third-order valence-electron chi connectivity index (χ3n) is 2.78. The van der Waals surface area contributed by atoms with Crippen molar-refractivity contribution in [3.63, 3.8) is 0 Å². The standard InChI is InChI=1S/C14H15ClN2O2S/c1-9-4-5-11(15)12(8-9)19-10(2)13(18)17(3)14-16-6-7-20-14/h4-8,10H,1-3H3/t10-/m0/s1. The van der Waals surface area contributed by atoms with E-state index in [4.69, 9.17) is 16.3 Å². The smallest absolute Gasteiger partial charge is 0.269 e. The highest BCUT2D eigenvalue weighted by Crippen LogP contribution is 2.27. The van der Waals surface area contributed by atoms with E-state index in [1.807, 2.05) is 24.4 Å². The van der Waals surface area contributed by atoms with Gasteiger partial charge < -0.3 is 4.74 Å². The summed E-state index contributed by atoms with van der Waals surface area (Å²) in [4.78, 5) is 17.9. The summed E-state index contributed by atoms with van der Waals surface area (Å²) < 4.78 is 5.66.